The normalized spacial score (nSPS) is 11.8. The number of hydrogen-bond acceptors (Lipinski definition) is 3. The lowest BCUT2D eigenvalue weighted by molar-refractivity contribution is -0.142. The number of rotatable bonds is 11. The van der Waals surface area contributed by atoms with Gasteiger partial charge in [0.25, 0.3) is 5.91 Å². The van der Waals surface area contributed by atoms with Gasteiger partial charge in [0, 0.05) is 13.1 Å². The van der Waals surface area contributed by atoms with Crippen LogP contribution in [0.25, 0.3) is 0 Å². The molecule has 2 aromatic carbocycles. The topological polar surface area (TPSA) is 58.6 Å². The number of amides is 2. The Hall–Kier alpha value is -2.82. The molecule has 0 saturated heterocycles. The van der Waals surface area contributed by atoms with Crippen LogP contribution in [0.4, 0.5) is 0 Å². The van der Waals surface area contributed by atoms with E-state index in [0.29, 0.717) is 24.8 Å². The Morgan fingerprint density at radius 2 is 1.71 bits per heavy atom. The van der Waals surface area contributed by atoms with E-state index in [0.717, 1.165) is 24.0 Å². The first-order valence-corrected chi connectivity index (χ1v) is 11.2. The van der Waals surface area contributed by atoms with E-state index in [2.05, 4.69) is 26.1 Å². The predicted molar refractivity (Wildman–Crippen MR) is 125 cm³/mol. The molecule has 0 spiro atoms. The minimum Gasteiger partial charge on any atom is -0.484 e. The van der Waals surface area contributed by atoms with Gasteiger partial charge in [0.2, 0.25) is 5.91 Å². The van der Waals surface area contributed by atoms with Gasteiger partial charge in [-0.05, 0) is 55.0 Å². The molecule has 5 nitrogen and oxygen atoms in total. The van der Waals surface area contributed by atoms with Gasteiger partial charge in [-0.15, -0.1) is 0 Å². The third-order valence-corrected chi connectivity index (χ3v) is 5.51. The largest absolute Gasteiger partial charge is 0.484 e. The summed E-state index contributed by atoms with van der Waals surface area (Å²) in [7, 11) is 0. The fourth-order valence-electron chi connectivity index (χ4n) is 3.27. The lowest BCUT2D eigenvalue weighted by Gasteiger charge is -2.29. The van der Waals surface area contributed by atoms with E-state index in [1.807, 2.05) is 55.5 Å². The van der Waals surface area contributed by atoms with Crippen LogP contribution in [0.3, 0.4) is 0 Å². The molecule has 2 amide bonds. The van der Waals surface area contributed by atoms with Crippen molar-refractivity contribution in [1.82, 2.24) is 10.2 Å². The molecule has 0 saturated carbocycles. The SMILES string of the molecule is CCCCNC(=O)[C@@H](C)N(Cc1ccccc1C)C(=O)COc1ccc(C(C)C)cc1. The Labute approximate surface area is 186 Å². The zero-order chi connectivity index (χ0) is 22.8. The van der Waals surface area contributed by atoms with Crippen molar-refractivity contribution in [3.05, 3.63) is 65.2 Å². The first-order valence-electron chi connectivity index (χ1n) is 11.2. The molecule has 1 atom stereocenters. The minimum atomic E-state index is -0.587. The summed E-state index contributed by atoms with van der Waals surface area (Å²) in [6, 6.07) is 15.1. The lowest BCUT2D eigenvalue weighted by Crippen LogP contribution is -2.49. The number of unbranched alkanes of at least 4 members (excludes halogenated alkanes) is 1. The van der Waals surface area contributed by atoms with E-state index in [4.69, 9.17) is 4.74 Å². The quantitative estimate of drug-likeness (QED) is 0.526. The number of aryl methyl sites for hydroxylation is 1. The molecule has 1 N–H and O–H groups in total. The van der Waals surface area contributed by atoms with Crippen molar-refractivity contribution in [3.8, 4) is 5.75 Å². The van der Waals surface area contributed by atoms with Crippen LogP contribution in [0.1, 0.15) is 63.1 Å². The average Bonchev–Trinajstić information content (AvgIpc) is 2.76. The van der Waals surface area contributed by atoms with Crippen LogP contribution in [-0.4, -0.2) is 35.9 Å². The summed E-state index contributed by atoms with van der Waals surface area (Å²) in [5, 5.41) is 2.94. The molecular weight excluding hydrogens is 388 g/mol. The third kappa shape index (κ3) is 7.42. The molecule has 0 unspecified atom stereocenters. The van der Waals surface area contributed by atoms with Crippen LogP contribution >= 0.6 is 0 Å². The molecule has 31 heavy (non-hydrogen) atoms. The molecule has 0 heterocycles. The van der Waals surface area contributed by atoms with Gasteiger partial charge >= 0.3 is 0 Å². The van der Waals surface area contributed by atoms with Crippen molar-refractivity contribution in [2.24, 2.45) is 0 Å². The summed E-state index contributed by atoms with van der Waals surface area (Å²) in [5.74, 6) is 0.729. The number of nitrogens with zero attached hydrogens (tertiary/aromatic N) is 1. The summed E-state index contributed by atoms with van der Waals surface area (Å²) >= 11 is 0. The standard InChI is InChI=1S/C26H36N2O3/c1-6-7-16-27-26(30)21(5)28(17-23-11-9-8-10-20(23)4)25(29)18-31-24-14-12-22(13-15-24)19(2)3/h8-15,19,21H,6-7,16-18H2,1-5H3,(H,27,30)/t21-/m1/s1. The number of carbonyl (C=O) groups is 2. The zero-order valence-electron chi connectivity index (χ0n) is 19.5. The number of carbonyl (C=O) groups excluding carboxylic acids is 2. The number of nitrogens with one attached hydrogen (secondary N) is 1. The number of benzene rings is 2. The molecule has 0 bridgehead atoms. The van der Waals surface area contributed by atoms with E-state index in [9.17, 15) is 9.59 Å². The fourth-order valence-corrected chi connectivity index (χ4v) is 3.27. The average molecular weight is 425 g/mol. The maximum Gasteiger partial charge on any atom is 0.261 e. The molecule has 0 aromatic heterocycles. The molecule has 2 aromatic rings. The van der Waals surface area contributed by atoms with Crippen molar-refractivity contribution in [2.45, 2.75) is 66.0 Å². The van der Waals surface area contributed by atoms with Gasteiger partial charge in [-0.2, -0.15) is 0 Å². The molecule has 0 radical (unpaired) electrons. The second-order valence-corrected chi connectivity index (χ2v) is 8.28. The van der Waals surface area contributed by atoms with Crippen LogP contribution in [0, 0.1) is 6.92 Å². The maximum atomic E-state index is 13.1. The molecule has 0 fully saturated rings. The molecule has 0 aliphatic carbocycles. The Morgan fingerprint density at radius 3 is 2.32 bits per heavy atom. The van der Waals surface area contributed by atoms with E-state index < -0.39 is 6.04 Å². The second kappa shape index (κ2) is 12.1. The van der Waals surface area contributed by atoms with Crippen LogP contribution in [0.5, 0.6) is 5.75 Å². The fraction of sp³-hybridized carbons (Fsp3) is 0.462. The van der Waals surface area contributed by atoms with Gasteiger partial charge in [-0.25, -0.2) is 0 Å². The highest BCUT2D eigenvalue weighted by Gasteiger charge is 2.26. The van der Waals surface area contributed by atoms with E-state index in [1.165, 1.54) is 5.56 Å². The predicted octanol–water partition coefficient (Wildman–Crippen LogP) is 4.83. The maximum absolute atomic E-state index is 13.1. The summed E-state index contributed by atoms with van der Waals surface area (Å²) < 4.78 is 5.76. The first kappa shape index (κ1) is 24.4. The van der Waals surface area contributed by atoms with Crippen LogP contribution in [0.2, 0.25) is 0 Å². The Balaban J connectivity index is 2.11. The van der Waals surface area contributed by atoms with Crippen molar-refractivity contribution in [2.75, 3.05) is 13.2 Å². The van der Waals surface area contributed by atoms with Crippen molar-refractivity contribution in [3.63, 3.8) is 0 Å². The zero-order valence-corrected chi connectivity index (χ0v) is 19.5. The third-order valence-electron chi connectivity index (χ3n) is 5.51. The minimum absolute atomic E-state index is 0.112. The smallest absolute Gasteiger partial charge is 0.261 e. The highest BCUT2D eigenvalue weighted by molar-refractivity contribution is 5.88. The van der Waals surface area contributed by atoms with Gasteiger partial charge in [0.15, 0.2) is 6.61 Å². The highest BCUT2D eigenvalue weighted by atomic mass is 16.5. The monoisotopic (exact) mass is 424 g/mol. The van der Waals surface area contributed by atoms with Gasteiger partial charge in [-0.3, -0.25) is 9.59 Å². The van der Waals surface area contributed by atoms with Gasteiger partial charge < -0.3 is 15.0 Å². The summed E-state index contributed by atoms with van der Waals surface area (Å²) in [5.41, 5.74) is 3.33. The van der Waals surface area contributed by atoms with Crippen LogP contribution in [0.15, 0.2) is 48.5 Å². The van der Waals surface area contributed by atoms with Crippen LogP contribution < -0.4 is 10.1 Å². The number of hydrogen-bond donors (Lipinski definition) is 1. The molecule has 0 aliphatic heterocycles. The summed E-state index contributed by atoms with van der Waals surface area (Å²) in [6.45, 7) is 11.0. The lowest BCUT2D eigenvalue weighted by atomic mass is 10.0. The van der Waals surface area contributed by atoms with E-state index >= 15 is 0 Å². The first-order chi connectivity index (χ1) is 14.8. The molecule has 2 rings (SSSR count). The van der Waals surface area contributed by atoms with Gasteiger partial charge in [-0.1, -0.05) is 63.6 Å². The Morgan fingerprint density at radius 1 is 1.03 bits per heavy atom. The molecule has 5 heteroatoms. The van der Waals surface area contributed by atoms with Crippen molar-refractivity contribution in [1.29, 1.82) is 0 Å². The Kier molecular flexibility index (Phi) is 9.57. The molecular formula is C26H36N2O3. The van der Waals surface area contributed by atoms with Crippen molar-refractivity contribution >= 4 is 11.8 Å². The van der Waals surface area contributed by atoms with Crippen LogP contribution in [-0.2, 0) is 16.1 Å². The second-order valence-electron chi connectivity index (χ2n) is 8.28. The van der Waals surface area contributed by atoms with Gasteiger partial charge in [0.05, 0.1) is 0 Å². The molecule has 0 aliphatic rings. The summed E-state index contributed by atoms with van der Waals surface area (Å²) in [4.78, 5) is 27.4. The van der Waals surface area contributed by atoms with E-state index in [-0.39, 0.29) is 18.4 Å². The van der Waals surface area contributed by atoms with Crippen molar-refractivity contribution < 1.29 is 14.3 Å². The van der Waals surface area contributed by atoms with E-state index in [1.54, 1.807) is 11.8 Å². The Bertz CT molecular complexity index is 846. The highest BCUT2D eigenvalue weighted by Crippen LogP contribution is 2.19. The number of ether oxygens (including phenoxy) is 1. The molecule has 168 valence electrons. The summed E-state index contributed by atoms with van der Waals surface area (Å²) in [6.07, 6.45) is 1.92. The van der Waals surface area contributed by atoms with Gasteiger partial charge in [0.1, 0.15) is 11.8 Å².